The summed E-state index contributed by atoms with van der Waals surface area (Å²) in [6.45, 7) is 2.69. The molecule has 6 heteroatoms. The van der Waals surface area contributed by atoms with Gasteiger partial charge >= 0.3 is 11.9 Å². The van der Waals surface area contributed by atoms with Gasteiger partial charge in [0.1, 0.15) is 24.9 Å². The van der Waals surface area contributed by atoms with Gasteiger partial charge in [-0.2, -0.15) is 0 Å². The van der Waals surface area contributed by atoms with Crippen molar-refractivity contribution in [3.63, 3.8) is 0 Å². The molecule has 0 unspecified atom stereocenters. The lowest BCUT2D eigenvalue weighted by atomic mass is 10.0. The molecule has 5 nitrogen and oxygen atoms in total. The summed E-state index contributed by atoms with van der Waals surface area (Å²) in [7, 11) is 0. The first-order chi connectivity index (χ1) is 10.5. The quantitative estimate of drug-likeness (QED) is 0.603. The highest BCUT2D eigenvalue weighted by Gasteiger charge is 2.31. The first-order valence-corrected chi connectivity index (χ1v) is 7.65. The van der Waals surface area contributed by atoms with E-state index in [9.17, 15) is 9.59 Å². The van der Waals surface area contributed by atoms with E-state index in [0.717, 1.165) is 10.0 Å². The number of carbonyl (C=O) groups excluding carboxylic acids is 2. The smallest absolute Gasteiger partial charge is 0.303 e. The molecule has 1 aliphatic rings. The van der Waals surface area contributed by atoms with Crippen molar-refractivity contribution in [3.05, 3.63) is 46.5 Å². The van der Waals surface area contributed by atoms with E-state index in [1.807, 2.05) is 30.3 Å². The molecule has 0 fully saturated rings. The summed E-state index contributed by atoms with van der Waals surface area (Å²) >= 11 is 3.39. The van der Waals surface area contributed by atoms with Crippen LogP contribution >= 0.6 is 15.9 Å². The van der Waals surface area contributed by atoms with E-state index in [-0.39, 0.29) is 12.7 Å². The molecule has 0 radical (unpaired) electrons. The molecule has 118 valence electrons. The van der Waals surface area contributed by atoms with Crippen molar-refractivity contribution in [2.24, 2.45) is 0 Å². The third kappa shape index (κ3) is 4.68. The van der Waals surface area contributed by atoms with Crippen LogP contribution in [0.3, 0.4) is 0 Å². The van der Waals surface area contributed by atoms with Crippen LogP contribution in [0.4, 0.5) is 0 Å². The Morgan fingerprint density at radius 2 is 1.82 bits per heavy atom. The molecule has 1 aliphatic heterocycles. The summed E-state index contributed by atoms with van der Waals surface area (Å²) in [6, 6.07) is 7.72. The molecule has 0 saturated heterocycles. The van der Waals surface area contributed by atoms with Gasteiger partial charge in [-0.1, -0.05) is 34.1 Å². The van der Waals surface area contributed by atoms with Gasteiger partial charge in [0, 0.05) is 18.3 Å². The van der Waals surface area contributed by atoms with Crippen LogP contribution in [-0.2, 0) is 23.8 Å². The molecule has 0 aliphatic carbocycles. The minimum absolute atomic E-state index is 0.0324. The van der Waals surface area contributed by atoms with E-state index < -0.39 is 24.1 Å². The van der Waals surface area contributed by atoms with Crippen molar-refractivity contribution in [1.82, 2.24) is 0 Å². The number of hydrogen-bond acceptors (Lipinski definition) is 5. The van der Waals surface area contributed by atoms with Crippen molar-refractivity contribution in [3.8, 4) is 0 Å². The van der Waals surface area contributed by atoms with Gasteiger partial charge in [-0.15, -0.1) is 0 Å². The van der Waals surface area contributed by atoms with Gasteiger partial charge in [-0.25, -0.2) is 0 Å². The Morgan fingerprint density at radius 1 is 1.14 bits per heavy atom. The SMILES string of the molecule is CC(=O)OC[C@H]1O[C@H](c2ccc(Br)cc2)C=C[C@H]1OC(C)=O. The zero-order valence-corrected chi connectivity index (χ0v) is 13.9. The van der Waals surface area contributed by atoms with Gasteiger partial charge in [-0.05, 0) is 23.8 Å². The first kappa shape index (κ1) is 16.7. The van der Waals surface area contributed by atoms with E-state index in [1.54, 1.807) is 6.08 Å². The molecule has 0 spiro atoms. The Labute approximate surface area is 137 Å². The number of ether oxygens (including phenoxy) is 3. The Hall–Kier alpha value is -1.66. The molecular weight excluding hydrogens is 352 g/mol. The van der Waals surface area contributed by atoms with Crippen LogP contribution in [0.15, 0.2) is 40.9 Å². The zero-order chi connectivity index (χ0) is 16.1. The van der Waals surface area contributed by atoms with E-state index in [2.05, 4.69) is 15.9 Å². The molecule has 3 atom stereocenters. The number of halogens is 1. The maximum Gasteiger partial charge on any atom is 0.303 e. The lowest BCUT2D eigenvalue weighted by molar-refractivity contribution is -0.163. The summed E-state index contributed by atoms with van der Waals surface area (Å²) < 4.78 is 17.1. The number of esters is 2. The van der Waals surface area contributed by atoms with Crippen LogP contribution in [0.1, 0.15) is 25.5 Å². The Balaban J connectivity index is 2.13. The van der Waals surface area contributed by atoms with Gasteiger partial charge in [-0.3, -0.25) is 9.59 Å². The molecule has 22 heavy (non-hydrogen) atoms. The maximum atomic E-state index is 11.2. The van der Waals surface area contributed by atoms with Gasteiger partial charge in [0.2, 0.25) is 0 Å². The fourth-order valence-electron chi connectivity index (χ4n) is 2.13. The third-order valence-electron chi connectivity index (χ3n) is 3.11. The fraction of sp³-hybridized carbons (Fsp3) is 0.375. The molecule has 1 heterocycles. The predicted molar refractivity (Wildman–Crippen MR) is 83.1 cm³/mol. The summed E-state index contributed by atoms with van der Waals surface area (Å²) in [4.78, 5) is 22.2. The Kier molecular flexibility index (Phi) is 5.74. The molecule has 1 aromatic rings. The van der Waals surface area contributed by atoms with Crippen molar-refractivity contribution in [2.75, 3.05) is 6.61 Å². The normalized spacial score (nSPS) is 23.9. The minimum atomic E-state index is -0.566. The van der Waals surface area contributed by atoms with Crippen molar-refractivity contribution in [1.29, 1.82) is 0 Å². The minimum Gasteiger partial charge on any atom is -0.463 e. The predicted octanol–water partition coefficient (Wildman–Crippen LogP) is 2.94. The van der Waals surface area contributed by atoms with E-state index >= 15 is 0 Å². The number of carbonyl (C=O) groups is 2. The standard InChI is InChI=1S/C16H17BrO5/c1-10(18)20-9-16-15(21-11(2)19)8-7-14(22-16)12-3-5-13(17)6-4-12/h3-8,14-16H,9H2,1-2H3/t14-,15+,16+/m0/s1. The van der Waals surface area contributed by atoms with Crippen LogP contribution in [0.5, 0.6) is 0 Å². The average molecular weight is 369 g/mol. The monoisotopic (exact) mass is 368 g/mol. The highest BCUT2D eigenvalue weighted by Crippen LogP contribution is 2.28. The number of benzene rings is 1. The largest absolute Gasteiger partial charge is 0.463 e. The second-order valence-corrected chi connectivity index (χ2v) is 5.82. The number of hydrogen-bond donors (Lipinski definition) is 0. The van der Waals surface area contributed by atoms with Gasteiger partial charge in [0.05, 0.1) is 0 Å². The highest BCUT2D eigenvalue weighted by molar-refractivity contribution is 9.10. The van der Waals surface area contributed by atoms with Gasteiger partial charge in [0.25, 0.3) is 0 Å². The lowest BCUT2D eigenvalue weighted by Gasteiger charge is -2.31. The molecule has 0 saturated carbocycles. The molecule has 0 N–H and O–H groups in total. The van der Waals surface area contributed by atoms with Crippen LogP contribution in [0.25, 0.3) is 0 Å². The van der Waals surface area contributed by atoms with E-state index in [1.165, 1.54) is 13.8 Å². The highest BCUT2D eigenvalue weighted by atomic mass is 79.9. The van der Waals surface area contributed by atoms with E-state index in [4.69, 9.17) is 14.2 Å². The van der Waals surface area contributed by atoms with Crippen LogP contribution in [0, 0.1) is 0 Å². The topological polar surface area (TPSA) is 61.8 Å². The maximum absolute atomic E-state index is 11.2. The third-order valence-corrected chi connectivity index (χ3v) is 3.64. The summed E-state index contributed by atoms with van der Waals surface area (Å²) in [6.07, 6.45) is 2.22. The Morgan fingerprint density at radius 3 is 2.41 bits per heavy atom. The van der Waals surface area contributed by atoms with Gasteiger partial charge < -0.3 is 14.2 Å². The molecule has 1 aromatic carbocycles. The zero-order valence-electron chi connectivity index (χ0n) is 12.3. The second-order valence-electron chi connectivity index (χ2n) is 4.91. The van der Waals surface area contributed by atoms with Crippen molar-refractivity contribution < 1.29 is 23.8 Å². The molecule has 0 amide bonds. The molecular formula is C16H17BrO5. The fourth-order valence-corrected chi connectivity index (χ4v) is 2.39. The summed E-state index contributed by atoms with van der Waals surface area (Å²) in [5.41, 5.74) is 0.966. The average Bonchev–Trinajstić information content (AvgIpc) is 2.46. The van der Waals surface area contributed by atoms with Crippen LogP contribution in [0.2, 0.25) is 0 Å². The van der Waals surface area contributed by atoms with Crippen molar-refractivity contribution >= 4 is 27.9 Å². The second kappa shape index (κ2) is 7.56. The molecule has 0 aromatic heterocycles. The Bertz CT molecular complexity index is 566. The van der Waals surface area contributed by atoms with Crippen LogP contribution < -0.4 is 0 Å². The van der Waals surface area contributed by atoms with Crippen molar-refractivity contribution in [2.45, 2.75) is 32.2 Å². The number of rotatable bonds is 4. The lowest BCUT2D eigenvalue weighted by Crippen LogP contribution is -2.39. The summed E-state index contributed by atoms with van der Waals surface area (Å²) in [5, 5.41) is 0. The molecule has 0 bridgehead atoms. The first-order valence-electron chi connectivity index (χ1n) is 6.85. The summed E-state index contributed by atoms with van der Waals surface area (Å²) in [5.74, 6) is -0.812. The van der Waals surface area contributed by atoms with E-state index in [0.29, 0.717) is 0 Å². The molecule has 2 rings (SSSR count). The van der Waals surface area contributed by atoms with Gasteiger partial charge in [0.15, 0.2) is 0 Å². The van der Waals surface area contributed by atoms with Crippen LogP contribution in [-0.4, -0.2) is 30.8 Å².